The predicted molar refractivity (Wildman–Crippen MR) is 101 cm³/mol. The number of amides is 2. The monoisotopic (exact) mass is 422 g/mol. The topological polar surface area (TPSA) is 67.4 Å². The number of carbonyl (C=O) groups is 2. The predicted octanol–water partition coefficient (Wildman–Crippen LogP) is 3.79. The lowest BCUT2D eigenvalue weighted by atomic mass is 9.81. The summed E-state index contributed by atoms with van der Waals surface area (Å²) in [5.41, 5.74) is 7.44. The van der Waals surface area contributed by atoms with Crippen LogP contribution in [0.15, 0.2) is 34.1 Å². The largest absolute Gasteiger partial charge is 0.497 e. The van der Waals surface area contributed by atoms with E-state index in [0.29, 0.717) is 11.3 Å². The summed E-state index contributed by atoms with van der Waals surface area (Å²) in [4.78, 5) is 24.7. The number of thiophene rings is 1. The van der Waals surface area contributed by atoms with Crippen LogP contribution < -0.4 is 15.6 Å². The molecule has 0 bridgehead atoms. The van der Waals surface area contributed by atoms with Gasteiger partial charge in [-0.05, 0) is 76.5 Å². The Morgan fingerprint density at radius 1 is 1.28 bits per heavy atom. The zero-order valence-electron chi connectivity index (χ0n) is 13.8. The van der Waals surface area contributed by atoms with Gasteiger partial charge in [-0.3, -0.25) is 20.4 Å². The van der Waals surface area contributed by atoms with Gasteiger partial charge in [-0.15, -0.1) is 11.3 Å². The highest BCUT2D eigenvalue weighted by Crippen LogP contribution is 2.35. The van der Waals surface area contributed by atoms with Crippen molar-refractivity contribution in [3.63, 3.8) is 0 Å². The van der Waals surface area contributed by atoms with Crippen LogP contribution in [-0.4, -0.2) is 18.9 Å². The molecule has 0 saturated heterocycles. The third-order valence-corrected chi connectivity index (χ3v) is 5.96. The van der Waals surface area contributed by atoms with Crippen molar-refractivity contribution in [2.24, 2.45) is 0 Å². The fourth-order valence-electron chi connectivity index (χ4n) is 3.13. The Labute approximate surface area is 158 Å². The number of rotatable bonds is 4. The average Bonchev–Trinajstić information content (AvgIpc) is 3.06. The number of hydrazine groups is 1. The van der Waals surface area contributed by atoms with E-state index in [4.69, 9.17) is 4.74 Å². The average molecular weight is 423 g/mol. The molecule has 0 radical (unpaired) electrons. The summed E-state index contributed by atoms with van der Waals surface area (Å²) in [7, 11) is 1.66. The summed E-state index contributed by atoms with van der Waals surface area (Å²) in [6, 6.07) is 9.55. The molecule has 25 heavy (non-hydrogen) atoms. The lowest BCUT2D eigenvalue weighted by Gasteiger charge is -2.25. The standard InChI is InChI=1S/C18H19BrN2O3S/c1-24-13-5-6-14-11(9-13)3-2-4-12(14)10-17(22)20-21-18(23)15-7-8-16(19)25-15/h5-9,12H,2-4,10H2,1H3,(H,20,22)(H,21,23). The fraction of sp³-hybridized carbons (Fsp3) is 0.333. The third kappa shape index (κ3) is 4.41. The smallest absolute Gasteiger partial charge is 0.279 e. The lowest BCUT2D eigenvalue weighted by molar-refractivity contribution is -0.122. The second kappa shape index (κ2) is 8.01. The molecular weight excluding hydrogens is 404 g/mol. The Hall–Kier alpha value is -1.86. The van der Waals surface area contributed by atoms with E-state index in [-0.39, 0.29) is 17.7 Å². The van der Waals surface area contributed by atoms with Crippen molar-refractivity contribution in [2.45, 2.75) is 31.6 Å². The zero-order valence-corrected chi connectivity index (χ0v) is 16.2. The number of ether oxygens (including phenoxy) is 1. The highest BCUT2D eigenvalue weighted by atomic mass is 79.9. The minimum Gasteiger partial charge on any atom is -0.497 e. The van der Waals surface area contributed by atoms with Gasteiger partial charge in [0.2, 0.25) is 5.91 Å². The third-order valence-electron chi connectivity index (χ3n) is 4.33. The van der Waals surface area contributed by atoms with Crippen molar-refractivity contribution in [1.29, 1.82) is 0 Å². The zero-order chi connectivity index (χ0) is 17.8. The van der Waals surface area contributed by atoms with Gasteiger partial charge in [-0.25, -0.2) is 0 Å². The summed E-state index contributed by atoms with van der Waals surface area (Å²) in [6.45, 7) is 0. The van der Waals surface area contributed by atoms with Crippen LogP contribution in [0.3, 0.4) is 0 Å². The van der Waals surface area contributed by atoms with Crippen LogP contribution in [0.4, 0.5) is 0 Å². The lowest BCUT2D eigenvalue weighted by Crippen LogP contribution is -2.42. The van der Waals surface area contributed by atoms with Crippen LogP contribution in [-0.2, 0) is 11.2 Å². The number of carbonyl (C=O) groups excluding carboxylic acids is 2. The van der Waals surface area contributed by atoms with Crippen molar-refractivity contribution in [3.8, 4) is 5.75 Å². The molecule has 3 rings (SSSR count). The highest BCUT2D eigenvalue weighted by Gasteiger charge is 2.23. The number of nitrogens with one attached hydrogen (secondary N) is 2. The van der Waals surface area contributed by atoms with Crippen LogP contribution >= 0.6 is 27.3 Å². The summed E-state index contributed by atoms with van der Waals surface area (Å²) in [5, 5.41) is 0. The molecule has 0 spiro atoms. The van der Waals surface area contributed by atoms with Gasteiger partial charge in [0.25, 0.3) is 5.91 Å². The molecule has 1 aliphatic carbocycles. The normalized spacial score (nSPS) is 16.0. The molecule has 0 saturated carbocycles. The van der Waals surface area contributed by atoms with Crippen LogP contribution in [0.2, 0.25) is 0 Å². The second-order valence-corrected chi connectivity index (χ2v) is 8.43. The summed E-state index contributed by atoms with van der Waals surface area (Å²) < 4.78 is 6.15. The second-order valence-electron chi connectivity index (χ2n) is 5.96. The number of hydrogen-bond acceptors (Lipinski definition) is 4. The first-order valence-corrected chi connectivity index (χ1v) is 9.69. The van der Waals surface area contributed by atoms with Crippen LogP contribution in [0.1, 0.15) is 46.0 Å². The van der Waals surface area contributed by atoms with E-state index in [0.717, 1.165) is 28.8 Å². The van der Waals surface area contributed by atoms with Crippen molar-refractivity contribution in [2.75, 3.05) is 7.11 Å². The van der Waals surface area contributed by atoms with Crippen molar-refractivity contribution in [3.05, 3.63) is 50.1 Å². The first-order valence-electron chi connectivity index (χ1n) is 8.08. The van der Waals surface area contributed by atoms with Crippen LogP contribution in [0.25, 0.3) is 0 Å². The number of hydrogen-bond donors (Lipinski definition) is 2. The van der Waals surface area contributed by atoms with Gasteiger partial charge in [0.15, 0.2) is 0 Å². The number of methoxy groups -OCH3 is 1. The van der Waals surface area contributed by atoms with Crippen molar-refractivity contribution >= 4 is 39.1 Å². The molecule has 1 aliphatic rings. The van der Waals surface area contributed by atoms with Gasteiger partial charge in [-0.2, -0.15) is 0 Å². The molecule has 1 aromatic carbocycles. The molecule has 1 atom stereocenters. The van der Waals surface area contributed by atoms with E-state index in [9.17, 15) is 9.59 Å². The number of benzene rings is 1. The number of fused-ring (bicyclic) bond motifs is 1. The number of aryl methyl sites for hydroxylation is 1. The van der Waals surface area contributed by atoms with Gasteiger partial charge in [0.1, 0.15) is 5.75 Å². The molecule has 7 heteroatoms. The quantitative estimate of drug-likeness (QED) is 0.736. The molecule has 2 amide bonds. The Kier molecular flexibility index (Phi) is 5.75. The van der Waals surface area contributed by atoms with Crippen molar-refractivity contribution in [1.82, 2.24) is 10.9 Å². The van der Waals surface area contributed by atoms with Gasteiger partial charge in [0, 0.05) is 6.42 Å². The molecule has 132 valence electrons. The summed E-state index contributed by atoms with van der Waals surface area (Å²) in [5.74, 6) is 0.524. The first kappa shape index (κ1) is 17.9. The van der Waals surface area contributed by atoms with Crippen LogP contribution in [0, 0.1) is 0 Å². The molecule has 1 aromatic heterocycles. The van der Waals surface area contributed by atoms with E-state index in [1.54, 1.807) is 19.2 Å². The minimum absolute atomic E-state index is 0.169. The van der Waals surface area contributed by atoms with Gasteiger partial charge in [-0.1, -0.05) is 6.07 Å². The summed E-state index contributed by atoms with van der Waals surface area (Å²) >= 11 is 4.63. The summed E-state index contributed by atoms with van der Waals surface area (Å²) in [6.07, 6.45) is 3.38. The van der Waals surface area contributed by atoms with Crippen molar-refractivity contribution < 1.29 is 14.3 Å². The maximum atomic E-state index is 12.2. The molecule has 5 nitrogen and oxygen atoms in total. The SMILES string of the molecule is COc1ccc2c(c1)CCCC2CC(=O)NNC(=O)c1ccc(Br)s1. The van der Waals surface area contributed by atoms with Gasteiger partial charge >= 0.3 is 0 Å². The van der Waals surface area contributed by atoms with E-state index >= 15 is 0 Å². The molecular formula is C18H19BrN2O3S. The Bertz CT molecular complexity index is 790. The minimum atomic E-state index is -0.308. The molecule has 1 heterocycles. The van der Waals surface area contributed by atoms with Gasteiger partial charge < -0.3 is 4.74 Å². The molecule has 2 aromatic rings. The van der Waals surface area contributed by atoms with E-state index < -0.39 is 0 Å². The Morgan fingerprint density at radius 3 is 2.84 bits per heavy atom. The highest BCUT2D eigenvalue weighted by molar-refractivity contribution is 9.11. The maximum absolute atomic E-state index is 12.2. The molecule has 0 fully saturated rings. The molecule has 2 N–H and O–H groups in total. The number of halogens is 1. The van der Waals surface area contributed by atoms with E-state index in [1.807, 2.05) is 12.1 Å². The molecule has 1 unspecified atom stereocenters. The Balaban J connectivity index is 1.58. The maximum Gasteiger partial charge on any atom is 0.279 e. The Morgan fingerprint density at radius 2 is 2.12 bits per heavy atom. The first-order chi connectivity index (χ1) is 12.1. The van der Waals surface area contributed by atoms with E-state index in [1.165, 1.54) is 22.5 Å². The van der Waals surface area contributed by atoms with Gasteiger partial charge in [0.05, 0.1) is 15.8 Å². The molecule has 0 aliphatic heterocycles. The van der Waals surface area contributed by atoms with E-state index in [2.05, 4.69) is 32.8 Å². The van der Waals surface area contributed by atoms with Crippen LogP contribution in [0.5, 0.6) is 5.75 Å². The fourth-order valence-corrected chi connectivity index (χ4v) is 4.41.